The molecule has 1 aromatic carbocycles. The predicted molar refractivity (Wildman–Crippen MR) is 79.9 cm³/mol. The molecule has 0 bridgehead atoms. The first-order valence-electron chi connectivity index (χ1n) is 6.23. The van der Waals surface area contributed by atoms with E-state index in [1.54, 1.807) is 0 Å². The summed E-state index contributed by atoms with van der Waals surface area (Å²) in [5.74, 6) is 0. The van der Waals surface area contributed by atoms with Crippen LogP contribution >= 0.6 is 0 Å². The highest BCUT2D eigenvalue weighted by atomic mass is 15.2. The Bertz CT molecular complexity index is 524. The highest BCUT2D eigenvalue weighted by molar-refractivity contribution is 5.76. The third-order valence-corrected chi connectivity index (χ3v) is 3.00. The summed E-state index contributed by atoms with van der Waals surface area (Å²) < 4.78 is 0. The zero-order valence-corrected chi connectivity index (χ0v) is 11.2. The molecular weight excluding hydrogens is 220 g/mol. The van der Waals surface area contributed by atoms with E-state index in [9.17, 15) is 0 Å². The average Bonchev–Trinajstić information content (AvgIpc) is 2.72. The number of benzene rings is 1. The number of allylic oxidation sites excluding steroid dienone is 3. The first kappa shape index (κ1) is 12.5. The molecule has 0 aliphatic carbocycles. The maximum atomic E-state index is 3.88. The van der Waals surface area contributed by atoms with E-state index in [4.69, 9.17) is 0 Å². The van der Waals surface area contributed by atoms with Gasteiger partial charge in [0, 0.05) is 0 Å². The van der Waals surface area contributed by atoms with Crippen molar-refractivity contribution in [1.29, 1.82) is 0 Å². The number of nitrogens with one attached hydrogen (secondary N) is 2. The molecule has 1 atom stereocenters. The first-order chi connectivity index (χ1) is 8.60. The van der Waals surface area contributed by atoms with Gasteiger partial charge in [0.2, 0.25) is 0 Å². The maximum absolute atomic E-state index is 3.88. The molecule has 0 amide bonds. The van der Waals surface area contributed by atoms with Gasteiger partial charge < -0.3 is 10.6 Å². The summed E-state index contributed by atoms with van der Waals surface area (Å²) in [5.41, 5.74) is 5.87. The van der Waals surface area contributed by atoms with E-state index in [1.807, 2.05) is 13.0 Å². The number of hydrogen-bond acceptors (Lipinski definition) is 2. The van der Waals surface area contributed by atoms with Gasteiger partial charge in [-0.15, -0.1) is 0 Å². The summed E-state index contributed by atoms with van der Waals surface area (Å²) in [6.07, 6.45) is 6.39. The summed E-state index contributed by atoms with van der Waals surface area (Å²) in [7, 11) is 0. The van der Waals surface area contributed by atoms with Crippen molar-refractivity contribution < 1.29 is 0 Å². The minimum absolute atomic E-state index is 0.141. The number of rotatable bonds is 3. The quantitative estimate of drug-likeness (QED) is 0.772. The maximum Gasteiger partial charge on any atom is 0.123 e. The minimum Gasteiger partial charge on any atom is -0.360 e. The molecule has 0 fully saturated rings. The molecule has 94 valence electrons. The van der Waals surface area contributed by atoms with Gasteiger partial charge in [0.15, 0.2) is 0 Å². The largest absolute Gasteiger partial charge is 0.360 e. The van der Waals surface area contributed by atoms with Crippen molar-refractivity contribution in [3.63, 3.8) is 0 Å². The molecule has 0 aromatic heterocycles. The van der Waals surface area contributed by atoms with Crippen LogP contribution in [0.15, 0.2) is 54.2 Å². The average molecular weight is 240 g/mol. The molecule has 2 heteroatoms. The van der Waals surface area contributed by atoms with Crippen molar-refractivity contribution in [3.05, 3.63) is 59.7 Å². The van der Waals surface area contributed by atoms with Gasteiger partial charge in [0.1, 0.15) is 6.17 Å². The van der Waals surface area contributed by atoms with Crippen LogP contribution in [0.25, 0.3) is 0 Å². The molecule has 2 nitrogen and oxygen atoms in total. The van der Waals surface area contributed by atoms with E-state index in [0.29, 0.717) is 0 Å². The Balaban J connectivity index is 2.17. The minimum atomic E-state index is 0.141. The second kappa shape index (κ2) is 5.13. The molecule has 1 aromatic rings. The lowest BCUT2D eigenvalue weighted by atomic mass is 10.1. The zero-order chi connectivity index (χ0) is 13.1. The lowest BCUT2D eigenvalue weighted by Gasteiger charge is -2.13. The molecule has 1 unspecified atom stereocenters. The molecule has 1 aliphatic rings. The van der Waals surface area contributed by atoms with Crippen LogP contribution in [-0.2, 0) is 0 Å². The summed E-state index contributed by atoms with van der Waals surface area (Å²) >= 11 is 0. The van der Waals surface area contributed by atoms with Crippen LogP contribution < -0.4 is 10.6 Å². The third kappa shape index (κ3) is 2.65. The standard InChI is InChI=1S/C16H20N2/c1-5-13(8-6-11(2)3)16-17-14-9-7-12(4)10-15(14)18-16/h5-10,16-18H,2H2,1,3-4H3/b8-6-,13-5+. The molecule has 2 rings (SSSR count). The Hall–Kier alpha value is -1.96. The topological polar surface area (TPSA) is 24.1 Å². The van der Waals surface area contributed by atoms with Gasteiger partial charge in [0.25, 0.3) is 0 Å². The molecule has 0 radical (unpaired) electrons. The Morgan fingerprint density at radius 1 is 1.22 bits per heavy atom. The second-order valence-corrected chi connectivity index (χ2v) is 4.74. The number of anilines is 2. The van der Waals surface area contributed by atoms with E-state index in [2.05, 4.69) is 61.4 Å². The molecule has 18 heavy (non-hydrogen) atoms. The Morgan fingerprint density at radius 3 is 2.61 bits per heavy atom. The van der Waals surface area contributed by atoms with Crippen molar-refractivity contribution in [1.82, 2.24) is 0 Å². The van der Waals surface area contributed by atoms with Crippen LogP contribution in [0, 0.1) is 6.92 Å². The fourth-order valence-corrected chi connectivity index (χ4v) is 2.01. The molecule has 0 saturated carbocycles. The van der Waals surface area contributed by atoms with Crippen LogP contribution in [-0.4, -0.2) is 6.17 Å². The van der Waals surface area contributed by atoms with E-state index in [-0.39, 0.29) is 6.17 Å². The normalized spacial score (nSPS) is 18.4. The van der Waals surface area contributed by atoms with Crippen molar-refractivity contribution in [2.45, 2.75) is 26.9 Å². The lowest BCUT2D eigenvalue weighted by molar-refractivity contribution is 1.01. The molecule has 0 saturated heterocycles. The van der Waals surface area contributed by atoms with Crippen LogP contribution in [0.3, 0.4) is 0 Å². The fourth-order valence-electron chi connectivity index (χ4n) is 2.01. The first-order valence-corrected chi connectivity index (χ1v) is 6.23. The number of hydrogen-bond donors (Lipinski definition) is 2. The molecular formula is C16H20N2. The van der Waals surface area contributed by atoms with E-state index < -0.39 is 0 Å². The van der Waals surface area contributed by atoms with Gasteiger partial charge >= 0.3 is 0 Å². The fraction of sp³-hybridized carbons (Fsp3) is 0.250. The van der Waals surface area contributed by atoms with Crippen LogP contribution in [0.4, 0.5) is 11.4 Å². The summed E-state index contributed by atoms with van der Waals surface area (Å²) in [6.45, 7) is 10.0. The van der Waals surface area contributed by atoms with Crippen molar-refractivity contribution >= 4 is 11.4 Å². The van der Waals surface area contributed by atoms with E-state index >= 15 is 0 Å². The summed E-state index contributed by atoms with van der Waals surface area (Å²) in [5, 5.41) is 6.97. The SMILES string of the molecule is C=C(C)/C=C\C(=C/C)C1Nc2ccc(C)cc2N1. The summed E-state index contributed by atoms with van der Waals surface area (Å²) in [4.78, 5) is 0. The van der Waals surface area contributed by atoms with Crippen molar-refractivity contribution in [2.75, 3.05) is 10.6 Å². The molecule has 1 heterocycles. The van der Waals surface area contributed by atoms with Gasteiger partial charge in [-0.3, -0.25) is 0 Å². The van der Waals surface area contributed by atoms with E-state index in [1.165, 1.54) is 16.8 Å². The number of fused-ring (bicyclic) bond motifs is 1. The third-order valence-electron chi connectivity index (χ3n) is 3.00. The Kier molecular flexibility index (Phi) is 3.56. The predicted octanol–water partition coefficient (Wildman–Crippen LogP) is 4.24. The summed E-state index contributed by atoms with van der Waals surface area (Å²) in [6, 6.07) is 6.40. The van der Waals surface area contributed by atoms with E-state index in [0.717, 1.165) is 11.3 Å². The van der Waals surface area contributed by atoms with Gasteiger partial charge in [-0.25, -0.2) is 0 Å². The lowest BCUT2D eigenvalue weighted by Crippen LogP contribution is -2.23. The Morgan fingerprint density at radius 2 is 1.94 bits per heavy atom. The molecule has 0 spiro atoms. The zero-order valence-electron chi connectivity index (χ0n) is 11.2. The number of aryl methyl sites for hydroxylation is 1. The van der Waals surface area contributed by atoms with Gasteiger partial charge in [-0.05, 0) is 44.0 Å². The van der Waals surface area contributed by atoms with Gasteiger partial charge in [-0.2, -0.15) is 0 Å². The van der Waals surface area contributed by atoms with Crippen molar-refractivity contribution in [2.24, 2.45) is 0 Å². The highest BCUT2D eigenvalue weighted by Gasteiger charge is 2.20. The highest BCUT2D eigenvalue weighted by Crippen LogP contribution is 2.32. The van der Waals surface area contributed by atoms with Crippen LogP contribution in [0.2, 0.25) is 0 Å². The van der Waals surface area contributed by atoms with Gasteiger partial charge in [-0.1, -0.05) is 36.4 Å². The molecule has 1 aliphatic heterocycles. The second-order valence-electron chi connectivity index (χ2n) is 4.74. The van der Waals surface area contributed by atoms with Crippen molar-refractivity contribution in [3.8, 4) is 0 Å². The van der Waals surface area contributed by atoms with Gasteiger partial charge in [0.05, 0.1) is 11.4 Å². The monoisotopic (exact) mass is 240 g/mol. The van der Waals surface area contributed by atoms with Crippen LogP contribution in [0.5, 0.6) is 0 Å². The smallest absolute Gasteiger partial charge is 0.123 e. The molecule has 2 N–H and O–H groups in total. The Labute approximate surface area is 109 Å². The van der Waals surface area contributed by atoms with Crippen LogP contribution in [0.1, 0.15) is 19.4 Å².